The van der Waals surface area contributed by atoms with E-state index in [0.29, 0.717) is 12.8 Å². The van der Waals surface area contributed by atoms with Crippen LogP contribution in [-0.4, -0.2) is 54.1 Å². The minimum absolute atomic E-state index is 0.257. The third-order valence-electron chi connectivity index (χ3n) is 2.34. The van der Waals surface area contributed by atoms with E-state index in [1.807, 2.05) is 6.92 Å². The van der Waals surface area contributed by atoms with Crippen LogP contribution >= 0.6 is 0 Å². The number of nitrogens with one attached hydrogen (secondary N) is 2. The van der Waals surface area contributed by atoms with Crippen molar-refractivity contribution in [2.24, 2.45) is 0 Å². The van der Waals surface area contributed by atoms with E-state index >= 15 is 0 Å². The minimum Gasteiger partial charge on any atom is -0.480 e. The van der Waals surface area contributed by atoms with Crippen molar-refractivity contribution in [2.45, 2.75) is 38.8 Å². The second-order valence-corrected chi connectivity index (χ2v) is 4.25. The zero-order valence-electron chi connectivity index (χ0n) is 11.2. The first kappa shape index (κ1) is 16.2. The highest BCUT2D eigenvalue weighted by atomic mass is 16.4. The van der Waals surface area contributed by atoms with Gasteiger partial charge in [0.15, 0.2) is 0 Å². The predicted molar refractivity (Wildman–Crippen MR) is 66.2 cm³/mol. The number of amides is 3. The lowest BCUT2D eigenvalue weighted by Crippen LogP contribution is -2.52. The summed E-state index contributed by atoms with van der Waals surface area (Å²) in [6, 6.07) is -2.29. The lowest BCUT2D eigenvalue weighted by atomic mass is 10.2. The maximum Gasteiger partial charge on any atom is 0.326 e. The molecule has 0 saturated carbocycles. The molecule has 7 nitrogen and oxygen atoms in total. The molecule has 0 saturated heterocycles. The monoisotopic (exact) mass is 259 g/mol. The lowest BCUT2D eigenvalue weighted by Gasteiger charge is -2.20. The largest absolute Gasteiger partial charge is 0.480 e. The Morgan fingerprint density at radius 2 is 1.78 bits per heavy atom. The van der Waals surface area contributed by atoms with E-state index in [0.717, 1.165) is 0 Å². The Morgan fingerprint density at radius 3 is 2.17 bits per heavy atom. The standard InChI is InChI=1S/C11H21N3O4/c1-5-6-8(10(16)17)13-11(18)12-7(2)9(15)14(3)4/h7-8H,5-6H2,1-4H3,(H,16,17)(H2,12,13,18)/t7?,8-/m1/s1. The summed E-state index contributed by atoms with van der Waals surface area (Å²) in [6.07, 6.45) is 0.988. The first-order chi connectivity index (χ1) is 8.29. The van der Waals surface area contributed by atoms with E-state index in [1.165, 1.54) is 11.8 Å². The summed E-state index contributed by atoms with van der Waals surface area (Å²) < 4.78 is 0. The molecule has 3 amide bonds. The van der Waals surface area contributed by atoms with Gasteiger partial charge in [-0.2, -0.15) is 0 Å². The maximum atomic E-state index is 11.5. The van der Waals surface area contributed by atoms with Gasteiger partial charge in [-0.25, -0.2) is 9.59 Å². The smallest absolute Gasteiger partial charge is 0.326 e. The molecule has 0 rings (SSSR count). The molecule has 0 aliphatic rings. The highest BCUT2D eigenvalue weighted by molar-refractivity contribution is 5.88. The highest BCUT2D eigenvalue weighted by Gasteiger charge is 2.22. The van der Waals surface area contributed by atoms with E-state index in [1.54, 1.807) is 14.1 Å². The maximum absolute atomic E-state index is 11.5. The molecule has 7 heteroatoms. The molecular weight excluding hydrogens is 238 g/mol. The number of rotatable bonds is 6. The van der Waals surface area contributed by atoms with E-state index < -0.39 is 24.1 Å². The number of aliphatic carboxylic acids is 1. The van der Waals surface area contributed by atoms with Gasteiger partial charge in [-0.3, -0.25) is 4.79 Å². The predicted octanol–water partition coefficient (Wildman–Crippen LogP) is 0.0156. The average Bonchev–Trinajstić information content (AvgIpc) is 2.26. The normalized spacial score (nSPS) is 13.3. The van der Waals surface area contributed by atoms with Crippen molar-refractivity contribution in [1.82, 2.24) is 15.5 Å². The van der Waals surface area contributed by atoms with E-state index in [4.69, 9.17) is 5.11 Å². The van der Waals surface area contributed by atoms with Crippen molar-refractivity contribution in [2.75, 3.05) is 14.1 Å². The van der Waals surface area contributed by atoms with Gasteiger partial charge in [-0.15, -0.1) is 0 Å². The van der Waals surface area contributed by atoms with Crippen molar-refractivity contribution in [1.29, 1.82) is 0 Å². The number of likely N-dealkylation sites (N-methyl/N-ethyl adjacent to an activating group) is 1. The molecule has 0 fully saturated rings. The summed E-state index contributed by atoms with van der Waals surface area (Å²) in [5, 5.41) is 13.6. The summed E-state index contributed by atoms with van der Waals surface area (Å²) in [6.45, 7) is 3.37. The quantitative estimate of drug-likeness (QED) is 0.626. The molecular formula is C11H21N3O4. The zero-order chi connectivity index (χ0) is 14.3. The zero-order valence-corrected chi connectivity index (χ0v) is 11.2. The summed E-state index contributed by atoms with van der Waals surface area (Å²) >= 11 is 0. The van der Waals surface area contributed by atoms with Crippen LogP contribution in [0.3, 0.4) is 0 Å². The minimum atomic E-state index is -1.08. The molecule has 0 aromatic heterocycles. The van der Waals surface area contributed by atoms with E-state index in [2.05, 4.69) is 10.6 Å². The van der Waals surface area contributed by atoms with Crippen LogP contribution in [0.15, 0.2) is 0 Å². The van der Waals surface area contributed by atoms with Gasteiger partial charge in [0.05, 0.1) is 0 Å². The Bertz CT molecular complexity index is 317. The number of carboxylic acids is 1. The number of carboxylic acid groups (broad SMARTS) is 1. The fraction of sp³-hybridized carbons (Fsp3) is 0.727. The molecule has 0 heterocycles. The van der Waals surface area contributed by atoms with Crippen molar-refractivity contribution in [3.05, 3.63) is 0 Å². The third kappa shape index (κ3) is 5.51. The molecule has 1 unspecified atom stereocenters. The Balaban J connectivity index is 4.32. The van der Waals surface area contributed by atoms with Crippen LogP contribution in [0, 0.1) is 0 Å². The topological polar surface area (TPSA) is 98.7 Å². The molecule has 2 atom stereocenters. The number of urea groups is 1. The molecule has 0 aliphatic heterocycles. The molecule has 0 aromatic rings. The van der Waals surface area contributed by atoms with Gasteiger partial charge in [0.25, 0.3) is 0 Å². The lowest BCUT2D eigenvalue weighted by molar-refractivity contribution is -0.139. The molecule has 0 radical (unpaired) electrons. The van der Waals surface area contributed by atoms with Crippen LogP contribution < -0.4 is 10.6 Å². The van der Waals surface area contributed by atoms with Gasteiger partial charge in [-0.1, -0.05) is 13.3 Å². The van der Waals surface area contributed by atoms with E-state index in [-0.39, 0.29) is 5.91 Å². The Hall–Kier alpha value is -1.79. The fourth-order valence-electron chi connectivity index (χ4n) is 1.39. The molecule has 0 aromatic carbocycles. The van der Waals surface area contributed by atoms with Crippen LogP contribution in [0.4, 0.5) is 4.79 Å². The fourth-order valence-corrected chi connectivity index (χ4v) is 1.39. The summed E-state index contributed by atoms with van der Waals surface area (Å²) in [5.74, 6) is -1.34. The Labute approximate surface area is 107 Å². The number of hydrogen-bond donors (Lipinski definition) is 3. The van der Waals surface area contributed by atoms with Crippen LogP contribution in [-0.2, 0) is 9.59 Å². The van der Waals surface area contributed by atoms with Crippen molar-refractivity contribution < 1.29 is 19.5 Å². The second kappa shape index (κ2) is 7.52. The second-order valence-electron chi connectivity index (χ2n) is 4.25. The van der Waals surface area contributed by atoms with Crippen molar-refractivity contribution in [3.63, 3.8) is 0 Å². The van der Waals surface area contributed by atoms with Gasteiger partial charge < -0.3 is 20.6 Å². The van der Waals surface area contributed by atoms with Crippen LogP contribution in [0.25, 0.3) is 0 Å². The SMILES string of the molecule is CCC[C@@H](NC(=O)NC(C)C(=O)N(C)C)C(=O)O. The molecule has 104 valence electrons. The Morgan fingerprint density at radius 1 is 1.22 bits per heavy atom. The molecule has 0 spiro atoms. The average molecular weight is 259 g/mol. The summed E-state index contributed by atoms with van der Waals surface area (Å²) in [7, 11) is 3.16. The summed E-state index contributed by atoms with van der Waals surface area (Å²) in [5.41, 5.74) is 0. The molecule has 3 N–H and O–H groups in total. The van der Waals surface area contributed by atoms with Gasteiger partial charge >= 0.3 is 12.0 Å². The van der Waals surface area contributed by atoms with Crippen LogP contribution in [0.2, 0.25) is 0 Å². The molecule has 18 heavy (non-hydrogen) atoms. The van der Waals surface area contributed by atoms with E-state index in [9.17, 15) is 14.4 Å². The van der Waals surface area contributed by atoms with Gasteiger partial charge in [-0.05, 0) is 13.3 Å². The van der Waals surface area contributed by atoms with Crippen molar-refractivity contribution in [3.8, 4) is 0 Å². The van der Waals surface area contributed by atoms with Crippen molar-refractivity contribution >= 4 is 17.9 Å². The summed E-state index contributed by atoms with van der Waals surface area (Å²) in [4.78, 5) is 35.2. The van der Waals surface area contributed by atoms with Crippen LogP contribution in [0.5, 0.6) is 0 Å². The van der Waals surface area contributed by atoms with Gasteiger partial charge in [0.2, 0.25) is 5.91 Å². The number of hydrogen-bond acceptors (Lipinski definition) is 3. The number of carbonyl (C=O) groups excluding carboxylic acids is 2. The Kier molecular flexibility index (Phi) is 6.77. The molecule has 0 bridgehead atoms. The number of carbonyl (C=O) groups is 3. The first-order valence-corrected chi connectivity index (χ1v) is 5.80. The molecule has 0 aliphatic carbocycles. The van der Waals surface area contributed by atoms with Crippen LogP contribution in [0.1, 0.15) is 26.7 Å². The van der Waals surface area contributed by atoms with Gasteiger partial charge in [0, 0.05) is 14.1 Å². The highest BCUT2D eigenvalue weighted by Crippen LogP contribution is 1.97. The third-order valence-corrected chi connectivity index (χ3v) is 2.34. The van der Waals surface area contributed by atoms with Gasteiger partial charge in [0.1, 0.15) is 12.1 Å². The number of nitrogens with zero attached hydrogens (tertiary/aromatic N) is 1. The first-order valence-electron chi connectivity index (χ1n) is 5.80.